The van der Waals surface area contributed by atoms with Crippen molar-refractivity contribution in [1.82, 2.24) is 0 Å². The highest BCUT2D eigenvalue weighted by atomic mass is 16.5. The second kappa shape index (κ2) is 17.1. The molecule has 0 aliphatic rings. The number of hydrogen-bond donors (Lipinski definition) is 0. The Bertz CT molecular complexity index is 450. The monoisotopic (exact) mass is 300 g/mol. The van der Waals surface area contributed by atoms with E-state index in [-0.39, 0.29) is 12.4 Å². The zero-order chi connectivity index (χ0) is 16.3. The van der Waals surface area contributed by atoms with E-state index in [4.69, 9.17) is 4.74 Å². The third-order valence-electron chi connectivity index (χ3n) is 2.92. The molecule has 0 saturated carbocycles. The van der Waals surface area contributed by atoms with Crippen molar-refractivity contribution in [3.8, 4) is 23.7 Å². The topological polar surface area (TPSA) is 26.3 Å². The Morgan fingerprint density at radius 3 is 2.59 bits per heavy atom. The average molecular weight is 300 g/mol. The van der Waals surface area contributed by atoms with Gasteiger partial charge in [-0.25, -0.2) is 0 Å². The van der Waals surface area contributed by atoms with Crippen molar-refractivity contribution in [2.75, 3.05) is 6.61 Å². The Balaban J connectivity index is 3.51. The van der Waals surface area contributed by atoms with Crippen LogP contribution in [-0.4, -0.2) is 12.6 Å². The highest BCUT2D eigenvalue weighted by Crippen LogP contribution is 2.06. The molecule has 2 nitrogen and oxygen atoms in total. The lowest BCUT2D eigenvalue weighted by molar-refractivity contribution is -0.142. The zero-order valence-electron chi connectivity index (χ0n) is 14.0. The molecule has 0 fully saturated rings. The molecule has 0 spiro atoms. The molecular weight excluding hydrogens is 272 g/mol. The Morgan fingerprint density at radius 1 is 1.05 bits per heavy atom. The van der Waals surface area contributed by atoms with E-state index in [2.05, 4.69) is 42.8 Å². The molecule has 0 aliphatic heterocycles. The summed E-state index contributed by atoms with van der Waals surface area (Å²) in [7, 11) is 0. The smallest absolute Gasteiger partial charge is 0.309 e. The van der Waals surface area contributed by atoms with Gasteiger partial charge in [-0.15, -0.1) is 0 Å². The number of allylic oxidation sites excluding steroid dienone is 3. The van der Waals surface area contributed by atoms with Crippen molar-refractivity contribution in [2.45, 2.75) is 65.2 Å². The van der Waals surface area contributed by atoms with Crippen molar-refractivity contribution in [3.05, 3.63) is 24.3 Å². The molecule has 0 aromatic heterocycles. The average Bonchev–Trinajstić information content (AvgIpc) is 2.51. The van der Waals surface area contributed by atoms with Gasteiger partial charge in [0.2, 0.25) is 0 Å². The lowest BCUT2D eigenvalue weighted by atomic mass is 10.1. The fourth-order valence-electron chi connectivity index (χ4n) is 1.79. The van der Waals surface area contributed by atoms with Gasteiger partial charge in [-0.2, -0.15) is 0 Å². The Kier molecular flexibility index (Phi) is 15.6. The third kappa shape index (κ3) is 16.1. The quantitative estimate of drug-likeness (QED) is 0.250. The molecule has 0 saturated heterocycles. The molecule has 0 heterocycles. The molecule has 0 aromatic rings. The summed E-state index contributed by atoms with van der Waals surface area (Å²) < 4.78 is 4.79. The fraction of sp³-hybridized carbons (Fsp3) is 0.550. The summed E-state index contributed by atoms with van der Waals surface area (Å²) in [5.41, 5.74) is 0. The normalized spacial score (nSPS) is 10.1. The molecule has 0 bridgehead atoms. The first-order chi connectivity index (χ1) is 10.8. The summed E-state index contributed by atoms with van der Waals surface area (Å²) in [5, 5.41) is 0. The van der Waals surface area contributed by atoms with Crippen molar-refractivity contribution in [2.24, 2.45) is 0 Å². The maximum Gasteiger partial charge on any atom is 0.309 e. The van der Waals surface area contributed by atoms with E-state index in [0.29, 0.717) is 6.61 Å². The molecule has 120 valence electrons. The fourth-order valence-corrected chi connectivity index (χ4v) is 1.79. The minimum atomic E-state index is -0.225. The molecule has 0 rings (SSSR count). The zero-order valence-corrected chi connectivity index (χ0v) is 14.0. The van der Waals surface area contributed by atoms with Crippen LogP contribution in [0, 0.1) is 23.7 Å². The second-order valence-corrected chi connectivity index (χ2v) is 4.86. The molecule has 0 unspecified atom stereocenters. The molecule has 0 atom stereocenters. The highest BCUT2D eigenvalue weighted by molar-refractivity contribution is 5.71. The number of carbonyl (C=O) groups is 1. The van der Waals surface area contributed by atoms with E-state index in [9.17, 15) is 4.79 Å². The second-order valence-electron chi connectivity index (χ2n) is 4.86. The van der Waals surface area contributed by atoms with Gasteiger partial charge < -0.3 is 4.74 Å². The Morgan fingerprint density at radius 2 is 1.82 bits per heavy atom. The predicted molar refractivity (Wildman–Crippen MR) is 93.1 cm³/mol. The number of unbranched alkanes of at least 4 members (excludes halogenated alkanes) is 6. The molecular formula is C20H28O2. The van der Waals surface area contributed by atoms with Gasteiger partial charge in [0.1, 0.15) is 0 Å². The van der Waals surface area contributed by atoms with Crippen LogP contribution >= 0.6 is 0 Å². The van der Waals surface area contributed by atoms with E-state index in [1.165, 1.54) is 32.1 Å². The van der Waals surface area contributed by atoms with Crippen LogP contribution in [-0.2, 0) is 9.53 Å². The van der Waals surface area contributed by atoms with E-state index >= 15 is 0 Å². The van der Waals surface area contributed by atoms with E-state index in [0.717, 1.165) is 12.8 Å². The lowest BCUT2D eigenvalue weighted by Gasteiger charge is -1.96. The van der Waals surface area contributed by atoms with Gasteiger partial charge in [0.25, 0.3) is 0 Å². The maximum atomic E-state index is 11.0. The molecule has 2 heteroatoms. The number of carbonyl (C=O) groups excluding carboxylic acids is 1. The van der Waals surface area contributed by atoms with Crippen LogP contribution in [0.15, 0.2) is 24.3 Å². The van der Waals surface area contributed by atoms with Gasteiger partial charge in [0.05, 0.1) is 13.0 Å². The van der Waals surface area contributed by atoms with E-state index in [1.807, 2.05) is 0 Å². The summed E-state index contributed by atoms with van der Waals surface area (Å²) in [6, 6.07) is 0. The Hall–Kier alpha value is -1.93. The summed E-state index contributed by atoms with van der Waals surface area (Å²) >= 11 is 0. The van der Waals surface area contributed by atoms with Gasteiger partial charge in [0.15, 0.2) is 0 Å². The van der Waals surface area contributed by atoms with Crippen molar-refractivity contribution in [1.29, 1.82) is 0 Å². The SMILES string of the molecule is CC=CCCCCCCCC#CC#CC=CCC(=O)OCC. The third-order valence-corrected chi connectivity index (χ3v) is 2.92. The van der Waals surface area contributed by atoms with E-state index < -0.39 is 0 Å². The van der Waals surface area contributed by atoms with Gasteiger partial charge in [0, 0.05) is 6.42 Å². The van der Waals surface area contributed by atoms with Crippen molar-refractivity contribution >= 4 is 5.97 Å². The standard InChI is InChI=1S/C20H28O2/c1-3-5-6-7-8-9-10-11-12-13-14-15-16-17-18-19-20(21)22-4-2/h3,5,17-18H,4,6-12,19H2,1-2H3. The first kappa shape index (κ1) is 20.1. The van der Waals surface area contributed by atoms with Crippen LogP contribution < -0.4 is 0 Å². The van der Waals surface area contributed by atoms with Crippen LogP contribution in [0.5, 0.6) is 0 Å². The number of esters is 1. The number of ether oxygens (including phenoxy) is 1. The molecule has 0 amide bonds. The maximum absolute atomic E-state index is 11.0. The van der Waals surface area contributed by atoms with Crippen molar-refractivity contribution < 1.29 is 9.53 Å². The highest BCUT2D eigenvalue weighted by Gasteiger charge is 1.94. The van der Waals surface area contributed by atoms with Crippen LogP contribution in [0.4, 0.5) is 0 Å². The number of hydrogen-bond acceptors (Lipinski definition) is 2. The van der Waals surface area contributed by atoms with Crippen LogP contribution in [0.3, 0.4) is 0 Å². The summed E-state index contributed by atoms with van der Waals surface area (Å²) in [4.78, 5) is 11.0. The summed E-state index contributed by atoms with van der Waals surface area (Å²) in [5.74, 6) is 11.2. The van der Waals surface area contributed by atoms with E-state index in [1.54, 1.807) is 19.1 Å². The minimum Gasteiger partial charge on any atom is -0.466 e. The van der Waals surface area contributed by atoms with Crippen LogP contribution in [0.2, 0.25) is 0 Å². The molecule has 0 aromatic carbocycles. The summed E-state index contributed by atoms with van der Waals surface area (Å²) in [6.07, 6.45) is 16.4. The molecule has 0 aliphatic carbocycles. The summed E-state index contributed by atoms with van der Waals surface area (Å²) in [6.45, 7) is 4.28. The largest absolute Gasteiger partial charge is 0.466 e. The van der Waals surface area contributed by atoms with Crippen molar-refractivity contribution in [3.63, 3.8) is 0 Å². The number of rotatable bonds is 10. The molecule has 0 radical (unpaired) electrons. The molecule has 0 N–H and O–H groups in total. The molecule has 22 heavy (non-hydrogen) atoms. The minimum absolute atomic E-state index is 0.225. The van der Waals surface area contributed by atoms with Crippen LogP contribution in [0.1, 0.15) is 65.2 Å². The van der Waals surface area contributed by atoms with Gasteiger partial charge in [-0.1, -0.05) is 49.3 Å². The Labute approximate surface area is 136 Å². The van der Waals surface area contributed by atoms with Gasteiger partial charge >= 0.3 is 5.97 Å². The van der Waals surface area contributed by atoms with Gasteiger partial charge in [-0.05, 0) is 51.0 Å². The lowest BCUT2D eigenvalue weighted by Crippen LogP contribution is -2.01. The van der Waals surface area contributed by atoms with Crippen LogP contribution in [0.25, 0.3) is 0 Å². The first-order valence-corrected chi connectivity index (χ1v) is 8.21. The first-order valence-electron chi connectivity index (χ1n) is 8.21. The predicted octanol–water partition coefficient (Wildman–Crippen LogP) is 4.81. The van der Waals surface area contributed by atoms with Gasteiger partial charge in [-0.3, -0.25) is 4.79 Å².